The first-order valence-electron chi connectivity index (χ1n) is 12.4. The molecule has 3 aromatic rings. The molecule has 0 aliphatic rings. The average Bonchev–Trinajstić information content (AvgIpc) is 2.86. The Morgan fingerprint density at radius 1 is 0.895 bits per heavy atom. The minimum absolute atomic E-state index is 0.106. The Hall–Kier alpha value is -3.36. The normalized spacial score (nSPS) is 12.0. The second-order valence-corrected chi connectivity index (χ2v) is 11.6. The van der Waals surface area contributed by atoms with E-state index in [4.69, 9.17) is 11.6 Å². The third kappa shape index (κ3) is 7.58. The van der Waals surface area contributed by atoms with Crippen LogP contribution in [0.4, 0.5) is 5.69 Å². The fourth-order valence-electron chi connectivity index (χ4n) is 4.41. The number of sulfonamides is 1. The lowest BCUT2D eigenvalue weighted by Gasteiger charge is -2.34. The van der Waals surface area contributed by atoms with Crippen molar-refractivity contribution in [2.24, 2.45) is 0 Å². The molecule has 0 saturated carbocycles. The zero-order chi connectivity index (χ0) is 27.9. The van der Waals surface area contributed by atoms with Crippen LogP contribution >= 0.6 is 11.6 Å². The van der Waals surface area contributed by atoms with Gasteiger partial charge in [-0.25, -0.2) is 8.42 Å². The first-order valence-corrected chi connectivity index (χ1v) is 14.6. The number of aryl methyl sites for hydroxylation is 2. The number of anilines is 1. The summed E-state index contributed by atoms with van der Waals surface area (Å²) in [6.07, 6.45) is 1.36. The molecule has 3 rings (SSSR count). The van der Waals surface area contributed by atoms with Crippen LogP contribution in [0.3, 0.4) is 0 Å². The summed E-state index contributed by atoms with van der Waals surface area (Å²) < 4.78 is 27.0. The number of amides is 2. The highest BCUT2D eigenvalue weighted by atomic mass is 35.5. The van der Waals surface area contributed by atoms with Gasteiger partial charge < -0.3 is 10.2 Å². The van der Waals surface area contributed by atoms with Gasteiger partial charge in [0.05, 0.1) is 11.9 Å². The number of carbonyl (C=O) groups excluding carboxylic acids is 2. The van der Waals surface area contributed by atoms with Crippen molar-refractivity contribution in [2.75, 3.05) is 23.7 Å². The number of halogens is 1. The van der Waals surface area contributed by atoms with Gasteiger partial charge >= 0.3 is 0 Å². The molecule has 38 heavy (non-hydrogen) atoms. The molecule has 0 radical (unpaired) electrons. The first kappa shape index (κ1) is 29.2. The molecule has 0 bridgehead atoms. The van der Waals surface area contributed by atoms with Gasteiger partial charge in [-0.1, -0.05) is 72.3 Å². The second kappa shape index (κ2) is 12.9. The highest BCUT2D eigenvalue weighted by Crippen LogP contribution is 2.27. The molecule has 202 valence electrons. The fourth-order valence-corrected chi connectivity index (χ4v) is 5.50. The van der Waals surface area contributed by atoms with Gasteiger partial charge in [-0.15, -0.1) is 0 Å². The van der Waals surface area contributed by atoms with Gasteiger partial charge in [-0.05, 0) is 55.2 Å². The molecule has 0 heterocycles. The Balaban J connectivity index is 2.07. The summed E-state index contributed by atoms with van der Waals surface area (Å²) in [6.45, 7) is 5.49. The lowest BCUT2D eigenvalue weighted by molar-refractivity contribution is -0.140. The molecule has 0 spiro atoms. The largest absolute Gasteiger partial charge is 0.355 e. The van der Waals surface area contributed by atoms with Crippen molar-refractivity contribution in [3.8, 4) is 0 Å². The first-order chi connectivity index (χ1) is 18.0. The Morgan fingerprint density at radius 2 is 1.50 bits per heavy atom. The number of rotatable bonds is 11. The third-order valence-electron chi connectivity index (χ3n) is 6.26. The minimum Gasteiger partial charge on any atom is -0.355 e. The van der Waals surface area contributed by atoms with E-state index in [1.807, 2.05) is 69.3 Å². The number of nitrogens with zero attached hydrogens (tertiary/aromatic N) is 2. The van der Waals surface area contributed by atoms with Crippen molar-refractivity contribution in [3.05, 3.63) is 100 Å². The third-order valence-corrected chi connectivity index (χ3v) is 7.62. The Kier molecular flexibility index (Phi) is 9.94. The van der Waals surface area contributed by atoms with Crippen LogP contribution < -0.4 is 9.62 Å². The van der Waals surface area contributed by atoms with Gasteiger partial charge in [-0.3, -0.25) is 13.9 Å². The Labute approximate surface area is 230 Å². The maximum atomic E-state index is 14.0. The molecule has 1 N–H and O–H groups in total. The molecule has 9 heteroatoms. The SMILES string of the molecule is CCNC(=O)[C@@H](Cc1ccccc1)N(Cc1ccc(Cl)cc1)C(=O)CN(c1c(C)cccc1C)S(C)(=O)=O. The van der Waals surface area contributed by atoms with Crippen LogP contribution in [0, 0.1) is 13.8 Å². The zero-order valence-electron chi connectivity index (χ0n) is 22.1. The van der Waals surface area contributed by atoms with Crippen LogP contribution in [0.2, 0.25) is 5.02 Å². The van der Waals surface area contributed by atoms with E-state index in [2.05, 4.69) is 5.32 Å². The van der Waals surface area contributed by atoms with E-state index in [0.717, 1.165) is 32.8 Å². The quantitative estimate of drug-likeness (QED) is 0.377. The lowest BCUT2D eigenvalue weighted by atomic mass is 10.0. The molecular formula is C29H34ClN3O4S. The highest BCUT2D eigenvalue weighted by molar-refractivity contribution is 7.92. The lowest BCUT2D eigenvalue weighted by Crippen LogP contribution is -2.53. The van der Waals surface area contributed by atoms with E-state index in [1.54, 1.807) is 24.3 Å². The molecule has 0 aromatic heterocycles. The van der Waals surface area contributed by atoms with E-state index in [-0.39, 0.29) is 18.9 Å². The summed E-state index contributed by atoms with van der Waals surface area (Å²) in [6, 6.07) is 21.1. The maximum Gasteiger partial charge on any atom is 0.244 e. The average molecular weight is 556 g/mol. The topological polar surface area (TPSA) is 86.8 Å². The van der Waals surface area contributed by atoms with Crippen LogP contribution in [-0.4, -0.2) is 50.5 Å². The van der Waals surface area contributed by atoms with Crippen LogP contribution in [0.1, 0.15) is 29.2 Å². The summed E-state index contributed by atoms with van der Waals surface area (Å²) in [5.74, 6) is -0.795. The molecule has 0 fully saturated rings. The van der Waals surface area contributed by atoms with E-state index in [0.29, 0.717) is 17.3 Å². The predicted molar refractivity (Wildman–Crippen MR) is 153 cm³/mol. The monoisotopic (exact) mass is 555 g/mol. The van der Waals surface area contributed by atoms with E-state index < -0.39 is 28.5 Å². The molecule has 2 amide bonds. The predicted octanol–water partition coefficient (Wildman–Crippen LogP) is 4.50. The van der Waals surface area contributed by atoms with Gasteiger partial charge in [-0.2, -0.15) is 0 Å². The van der Waals surface area contributed by atoms with Crippen molar-refractivity contribution < 1.29 is 18.0 Å². The van der Waals surface area contributed by atoms with E-state index >= 15 is 0 Å². The summed E-state index contributed by atoms with van der Waals surface area (Å²) in [5, 5.41) is 3.39. The summed E-state index contributed by atoms with van der Waals surface area (Å²) in [5.41, 5.74) is 3.58. The van der Waals surface area contributed by atoms with Crippen molar-refractivity contribution in [1.82, 2.24) is 10.2 Å². The molecule has 3 aromatic carbocycles. The Morgan fingerprint density at radius 3 is 2.05 bits per heavy atom. The summed E-state index contributed by atoms with van der Waals surface area (Å²) >= 11 is 6.07. The van der Waals surface area contributed by atoms with E-state index in [9.17, 15) is 18.0 Å². The number of hydrogen-bond acceptors (Lipinski definition) is 4. The molecule has 7 nitrogen and oxygen atoms in total. The van der Waals surface area contributed by atoms with Crippen LogP contribution in [0.5, 0.6) is 0 Å². The van der Waals surface area contributed by atoms with Gasteiger partial charge in [0.25, 0.3) is 0 Å². The summed E-state index contributed by atoms with van der Waals surface area (Å²) in [4.78, 5) is 28.8. The standard InChI is InChI=1S/C29H34ClN3O4S/c1-5-31-29(35)26(18-23-12-7-6-8-13-23)32(19-24-14-16-25(30)17-15-24)27(34)20-33(38(4,36)37)28-21(2)10-9-11-22(28)3/h6-17,26H,5,18-20H2,1-4H3,(H,31,35)/t26-/m1/s1. The molecule has 0 aliphatic carbocycles. The summed E-state index contributed by atoms with van der Waals surface area (Å²) in [7, 11) is -3.82. The number of para-hydroxylation sites is 1. The van der Waals surface area contributed by atoms with Gasteiger partial charge in [0.2, 0.25) is 21.8 Å². The van der Waals surface area contributed by atoms with Crippen molar-refractivity contribution in [1.29, 1.82) is 0 Å². The number of benzene rings is 3. The Bertz CT molecular complexity index is 1340. The van der Waals surface area contributed by atoms with Crippen LogP contribution in [0.25, 0.3) is 0 Å². The number of hydrogen-bond donors (Lipinski definition) is 1. The number of likely N-dealkylation sites (N-methyl/N-ethyl adjacent to an activating group) is 1. The van der Waals surface area contributed by atoms with Crippen LogP contribution in [-0.2, 0) is 32.6 Å². The fraction of sp³-hybridized carbons (Fsp3) is 0.310. The van der Waals surface area contributed by atoms with Crippen molar-refractivity contribution in [3.63, 3.8) is 0 Å². The van der Waals surface area contributed by atoms with Gasteiger partial charge in [0.1, 0.15) is 12.6 Å². The number of carbonyl (C=O) groups is 2. The maximum absolute atomic E-state index is 14.0. The highest BCUT2D eigenvalue weighted by Gasteiger charge is 2.33. The van der Waals surface area contributed by atoms with Crippen molar-refractivity contribution >= 4 is 39.1 Å². The minimum atomic E-state index is -3.82. The van der Waals surface area contributed by atoms with Gasteiger partial charge in [0.15, 0.2) is 0 Å². The molecule has 0 saturated heterocycles. The van der Waals surface area contributed by atoms with E-state index in [1.165, 1.54) is 4.90 Å². The molecular weight excluding hydrogens is 522 g/mol. The van der Waals surface area contributed by atoms with Gasteiger partial charge in [0, 0.05) is 24.5 Å². The second-order valence-electron chi connectivity index (χ2n) is 9.26. The molecule has 1 atom stereocenters. The smallest absolute Gasteiger partial charge is 0.244 e. The van der Waals surface area contributed by atoms with Crippen molar-refractivity contribution in [2.45, 2.75) is 39.8 Å². The number of nitrogens with one attached hydrogen (secondary N) is 1. The zero-order valence-corrected chi connectivity index (χ0v) is 23.7. The molecule has 0 unspecified atom stereocenters. The van der Waals surface area contributed by atoms with Crippen LogP contribution in [0.15, 0.2) is 72.8 Å². The molecule has 0 aliphatic heterocycles.